The number of hydrogen-bond donors (Lipinski definition) is 0. The molecule has 0 spiro atoms. The molecule has 0 bridgehead atoms. The second-order valence-electron chi connectivity index (χ2n) is 3.16. The van der Waals surface area contributed by atoms with Crippen molar-refractivity contribution in [1.82, 2.24) is 0 Å². The maximum absolute atomic E-state index is 5.62. The largest absolute Gasteiger partial charge is 0.456 e. The van der Waals surface area contributed by atoms with Gasteiger partial charge in [0.15, 0.2) is 0 Å². The quantitative estimate of drug-likeness (QED) is 0.639. The molecule has 0 aliphatic heterocycles. The Balaban J connectivity index is 3.44. The first-order valence-corrected chi connectivity index (χ1v) is 5.12. The summed E-state index contributed by atoms with van der Waals surface area (Å²) in [5, 5.41) is 0. The zero-order valence-electron chi connectivity index (χ0n) is 9.57. The summed E-state index contributed by atoms with van der Waals surface area (Å²) in [6.45, 7) is 13.1. The average molecular weight is 212 g/mol. The van der Waals surface area contributed by atoms with Crippen LogP contribution in [0.1, 0.15) is 29.6 Å². The Kier molecular flexibility index (Phi) is 4.34. The number of furan rings is 1. The van der Waals surface area contributed by atoms with E-state index >= 15 is 0 Å². The maximum atomic E-state index is 5.62. The lowest BCUT2D eigenvalue weighted by atomic mass is 10.1. The lowest BCUT2D eigenvalue weighted by Gasteiger charge is -1.92. The Hall–Kier alpha value is -2.02. The third-order valence-corrected chi connectivity index (χ3v) is 2.14. The fraction of sp³-hybridized carbons (Fsp3) is 0.0667. The van der Waals surface area contributed by atoms with Crippen LogP contribution in [0.2, 0.25) is 0 Å². The molecule has 1 heterocycles. The van der Waals surface area contributed by atoms with E-state index in [2.05, 4.69) is 19.7 Å². The van der Waals surface area contributed by atoms with Gasteiger partial charge in [-0.25, -0.2) is 0 Å². The van der Waals surface area contributed by atoms with Crippen LogP contribution in [0.4, 0.5) is 0 Å². The molecule has 1 heteroatoms. The van der Waals surface area contributed by atoms with Crippen LogP contribution in [0.15, 0.2) is 42.4 Å². The van der Waals surface area contributed by atoms with E-state index in [1.807, 2.05) is 31.2 Å². The second-order valence-corrected chi connectivity index (χ2v) is 3.16. The fourth-order valence-electron chi connectivity index (χ4n) is 1.47. The Morgan fingerprint density at radius 3 is 1.94 bits per heavy atom. The van der Waals surface area contributed by atoms with E-state index in [0.29, 0.717) is 0 Å². The first kappa shape index (κ1) is 12.1. The number of allylic oxidation sites excluding steroid dienone is 3. The van der Waals surface area contributed by atoms with Crippen molar-refractivity contribution in [1.29, 1.82) is 0 Å². The Bertz CT molecular complexity index is 456. The minimum absolute atomic E-state index is 0.751. The molecule has 0 unspecified atom stereocenters. The molecule has 0 radical (unpaired) electrons. The van der Waals surface area contributed by atoms with Gasteiger partial charge in [-0.15, -0.1) is 0 Å². The Morgan fingerprint density at radius 1 is 0.938 bits per heavy atom. The molecular formula is C15H16O. The van der Waals surface area contributed by atoms with Crippen molar-refractivity contribution in [2.45, 2.75) is 6.92 Å². The SMILES string of the molecule is C=C/C=C\c1c(C=C)oc(C=C)c1/C=C\C. The zero-order valence-corrected chi connectivity index (χ0v) is 9.57. The van der Waals surface area contributed by atoms with Gasteiger partial charge in [-0.2, -0.15) is 0 Å². The van der Waals surface area contributed by atoms with Crippen molar-refractivity contribution in [3.63, 3.8) is 0 Å². The van der Waals surface area contributed by atoms with Gasteiger partial charge in [0.2, 0.25) is 0 Å². The lowest BCUT2D eigenvalue weighted by Crippen LogP contribution is -1.77. The zero-order chi connectivity index (χ0) is 12.0. The van der Waals surface area contributed by atoms with E-state index in [0.717, 1.165) is 22.6 Å². The van der Waals surface area contributed by atoms with Gasteiger partial charge in [-0.3, -0.25) is 0 Å². The summed E-state index contributed by atoms with van der Waals surface area (Å²) >= 11 is 0. The molecule has 0 atom stereocenters. The number of rotatable bonds is 5. The molecule has 0 N–H and O–H groups in total. The highest BCUT2D eigenvalue weighted by Gasteiger charge is 2.11. The van der Waals surface area contributed by atoms with Crippen molar-refractivity contribution in [2.75, 3.05) is 0 Å². The fourth-order valence-corrected chi connectivity index (χ4v) is 1.47. The van der Waals surface area contributed by atoms with E-state index in [9.17, 15) is 0 Å². The molecule has 0 fully saturated rings. The monoisotopic (exact) mass is 212 g/mol. The third-order valence-electron chi connectivity index (χ3n) is 2.14. The van der Waals surface area contributed by atoms with Crippen LogP contribution in [0.3, 0.4) is 0 Å². The van der Waals surface area contributed by atoms with Crippen LogP contribution < -0.4 is 0 Å². The van der Waals surface area contributed by atoms with Gasteiger partial charge in [-0.05, 0) is 19.1 Å². The van der Waals surface area contributed by atoms with Crippen molar-refractivity contribution < 1.29 is 4.42 Å². The highest BCUT2D eigenvalue weighted by molar-refractivity contribution is 5.76. The van der Waals surface area contributed by atoms with Crippen molar-refractivity contribution in [2.24, 2.45) is 0 Å². The molecule has 0 aromatic carbocycles. The van der Waals surface area contributed by atoms with Crippen molar-refractivity contribution in [3.8, 4) is 0 Å². The summed E-state index contributed by atoms with van der Waals surface area (Å²) < 4.78 is 5.62. The lowest BCUT2D eigenvalue weighted by molar-refractivity contribution is 0.546. The molecule has 1 nitrogen and oxygen atoms in total. The predicted octanol–water partition coefficient (Wildman–Crippen LogP) is 4.80. The minimum Gasteiger partial charge on any atom is -0.456 e. The first-order chi connectivity index (χ1) is 7.78. The second kappa shape index (κ2) is 5.76. The smallest absolute Gasteiger partial charge is 0.134 e. The van der Waals surface area contributed by atoms with Crippen LogP contribution in [-0.2, 0) is 0 Å². The molecule has 82 valence electrons. The average Bonchev–Trinajstić information content (AvgIpc) is 2.64. The first-order valence-electron chi connectivity index (χ1n) is 5.12. The molecule has 0 aliphatic carbocycles. The molecular weight excluding hydrogens is 196 g/mol. The molecule has 16 heavy (non-hydrogen) atoms. The molecule has 0 aliphatic rings. The Labute approximate surface area is 96.8 Å². The van der Waals surface area contributed by atoms with Crippen LogP contribution >= 0.6 is 0 Å². The summed E-state index contributed by atoms with van der Waals surface area (Å²) in [4.78, 5) is 0. The highest BCUT2D eigenvalue weighted by Crippen LogP contribution is 2.27. The molecule has 0 saturated carbocycles. The summed E-state index contributed by atoms with van der Waals surface area (Å²) in [5.41, 5.74) is 2.02. The van der Waals surface area contributed by atoms with Crippen LogP contribution in [0.5, 0.6) is 0 Å². The van der Waals surface area contributed by atoms with Crippen molar-refractivity contribution >= 4 is 24.3 Å². The highest BCUT2D eigenvalue weighted by atomic mass is 16.3. The minimum atomic E-state index is 0.751. The van der Waals surface area contributed by atoms with E-state index in [4.69, 9.17) is 4.42 Å². The molecule has 0 saturated heterocycles. The summed E-state index contributed by atoms with van der Waals surface area (Å²) in [6, 6.07) is 0. The molecule has 1 aromatic heterocycles. The standard InChI is InChI=1S/C15H16O/c1-5-9-11-13-12(10-6-2)14(7-3)16-15(13)8-4/h5-11H,1,3-4H2,2H3/b10-6-,11-9-. The van der Waals surface area contributed by atoms with Gasteiger partial charge in [0, 0.05) is 11.1 Å². The van der Waals surface area contributed by atoms with Crippen LogP contribution in [0, 0.1) is 0 Å². The van der Waals surface area contributed by atoms with Crippen molar-refractivity contribution in [3.05, 3.63) is 60.6 Å². The Morgan fingerprint density at radius 2 is 1.50 bits per heavy atom. The third kappa shape index (κ3) is 2.31. The van der Waals surface area contributed by atoms with Gasteiger partial charge < -0.3 is 4.42 Å². The van der Waals surface area contributed by atoms with Gasteiger partial charge in [0.05, 0.1) is 0 Å². The molecule has 1 rings (SSSR count). The topological polar surface area (TPSA) is 13.1 Å². The predicted molar refractivity (Wildman–Crippen MR) is 72.8 cm³/mol. The summed E-state index contributed by atoms with van der Waals surface area (Å²) in [6.07, 6.45) is 12.9. The maximum Gasteiger partial charge on any atom is 0.134 e. The molecule has 1 aromatic rings. The summed E-state index contributed by atoms with van der Waals surface area (Å²) in [7, 11) is 0. The van der Waals surface area contributed by atoms with Crippen LogP contribution in [-0.4, -0.2) is 0 Å². The van der Waals surface area contributed by atoms with E-state index in [1.54, 1.807) is 18.2 Å². The number of hydrogen-bond acceptors (Lipinski definition) is 1. The van der Waals surface area contributed by atoms with E-state index < -0.39 is 0 Å². The normalized spacial score (nSPS) is 11.1. The van der Waals surface area contributed by atoms with E-state index in [1.165, 1.54) is 0 Å². The molecule has 0 amide bonds. The van der Waals surface area contributed by atoms with Gasteiger partial charge in [0.1, 0.15) is 11.5 Å². The van der Waals surface area contributed by atoms with Gasteiger partial charge in [-0.1, -0.05) is 50.1 Å². The van der Waals surface area contributed by atoms with Gasteiger partial charge in [0.25, 0.3) is 0 Å². The van der Waals surface area contributed by atoms with Gasteiger partial charge >= 0.3 is 0 Å². The summed E-state index contributed by atoms with van der Waals surface area (Å²) in [5.74, 6) is 1.51. The van der Waals surface area contributed by atoms with Crippen LogP contribution in [0.25, 0.3) is 24.3 Å². The van der Waals surface area contributed by atoms with E-state index in [-0.39, 0.29) is 0 Å².